The highest BCUT2D eigenvalue weighted by atomic mass is 16.5. The Morgan fingerprint density at radius 2 is 2.21 bits per heavy atom. The zero-order valence-corrected chi connectivity index (χ0v) is 10.2. The van der Waals surface area contributed by atoms with Crippen LogP contribution in [0.4, 0.5) is 5.95 Å². The van der Waals surface area contributed by atoms with Crippen LogP contribution in [0.5, 0.6) is 11.5 Å². The van der Waals surface area contributed by atoms with Crippen LogP contribution in [-0.2, 0) is 0 Å². The van der Waals surface area contributed by atoms with E-state index in [1.54, 1.807) is 6.20 Å². The summed E-state index contributed by atoms with van der Waals surface area (Å²) >= 11 is 0. The Hall–Kier alpha value is -2.76. The molecule has 19 heavy (non-hydrogen) atoms. The predicted molar refractivity (Wildman–Crippen MR) is 72.4 cm³/mol. The summed E-state index contributed by atoms with van der Waals surface area (Å²) in [5.41, 5.74) is 7.07. The van der Waals surface area contributed by atoms with Crippen molar-refractivity contribution in [2.45, 2.75) is 6.92 Å². The van der Waals surface area contributed by atoms with Crippen molar-refractivity contribution in [1.29, 1.82) is 0 Å². The number of H-pyrrole nitrogens is 2. The number of aromatic amines is 2. The van der Waals surface area contributed by atoms with Crippen LogP contribution in [-0.4, -0.2) is 15.0 Å². The molecule has 0 unspecified atom stereocenters. The minimum Gasteiger partial charge on any atom is -0.453 e. The molecule has 4 N–H and O–H groups in total. The van der Waals surface area contributed by atoms with Crippen LogP contribution in [0.1, 0.15) is 5.56 Å². The molecule has 6 heteroatoms. The summed E-state index contributed by atoms with van der Waals surface area (Å²) in [6.45, 7) is 1.98. The summed E-state index contributed by atoms with van der Waals surface area (Å²) in [5, 5.41) is 0. The van der Waals surface area contributed by atoms with Crippen molar-refractivity contribution in [2.24, 2.45) is 0 Å². The molecule has 96 valence electrons. The second-order valence-electron chi connectivity index (χ2n) is 4.25. The van der Waals surface area contributed by atoms with Gasteiger partial charge in [0.05, 0.1) is 0 Å². The lowest BCUT2D eigenvalue weighted by Crippen LogP contribution is -2.10. The van der Waals surface area contributed by atoms with Gasteiger partial charge in [0.25, 0.3) is 5.56 Å². The molecular weight excluding hydrogens is 244 g/mol. The average Bonchev–Trinajstić information content (AvgIpc) is 2.73. The van der Waals surface area contributed by atoms with Crippen molar-refractivity contribution in [3.05, 3.63) is 46.4 Å². The topological polar surface area (TPSA) is 96.8 Å². The minimum atomic E-state index is -0.318. The number of hydrogen-bond donors (Lipinski definition) is 3. The van der Waals surface area contributed by atoms with Gasteiger partial charge in [-0.3, -0.25) is 9.78 Å². The van der Waals surface area contributed by atoms with Crippen molar-refractivity contribution < 1.29 is 4.74 Å². The Kier molecular flexibility index (Phi) is 2.49. The van der Waals surface area contributed by atoms with Gasteiger partial charge in [-0.05, 0) is 24.6 Å². The van der Waals surface area contributed by atoms with Crippen LogP contribution < -0.4 is 16.0 Å². The lowest BCUT2D eigenvalue weighted by atomic mass is 10.2. The molecule has 1 aromatic carbocycles. The third-order valence-corrected chi connectivity index (χ3v) is 2.74. The number of anilines is 1. The number of nitrogens with zero attached hydrogens (tertiary/aromatic N) is 1. The third-order valence-electron chi connectivity index (χ3n) is 2.74. The summed E-state index contributed by atoms with van der Waals surface area (Å²) in [6, 6.07) is 7.61. The molecule has 0 aliphatic rings. The van der Waals surface area contributed by atoms with Crippen molar-refractivity contribution in [3.63, 3.8) is 0 Å². The Labute approximate surface area is 108 Å². The summed E-state index contributed by atoms with van der Waals surface area (Å²) < 4.78 is 5.72. The van der Waals surface area contributed by atoms with Gasteiger partial charge in [0, 0.05) is 6.20 Å². The van der Waals surface area contributed by atoms with E-state index < -0.39 is 0 Å². The lowest BCUT2D eigenvalue weighted by molar-refractivity contribution is 0.487. The first-order valence-corrected chi connectivity index (χ1v) is 5.75. The number of fused-ring (bicyclic) bond motifs is 1. The fourth-order valence-electron chi connectivity index (χ4n) is 1.89. The van der Waals surface area contributed by atoms with Crippen LogP contribution in [0.2, 0.25) is 0 Å². The van der Waals surface area contributed by atoms with Crippen molar-refractivity contribution in [1.82, 2.24) is 15.0 Å². The Morgan fingerprint density at radius 3 is 3.00 bits per heavy atom. The first-order valence-electron chi connectivity index (χ1n) is 5.75. The van der Waals surface area contributed by atoms with Gasteiger partial charge in [0.1, 0.15) is 16.8 Å². The van der Waals surface area contributed by atoms with Crippen LogP contribution in [0.25, 0.3) is 11.0 Å². The van der Waals surface area contributed by atoms with E-state index in [4.69, 9.17) is 10.5 Å². The molecule has 0 amide bonds. The summed E-state index contributed by atoms with van der Waals surface area (Å²) in [4.78, 5) is 21.0. The standard InChI is InChI=1S/C13H12N4O2/c1-7-3-2-4-8(5-7)19-9-6-15-11-10(9)16-13(14)17-12(11)18/h2-6,15H,1H3,(H3,14,16,17,18). The van der Waals surface area contributed by atoms with E-state index in [9.17, 15) is 4.79 Å². The zero-order chi connectivity index (χ0) is 13.4. The van der Waals surface area contributed by atoms with E-state index in [0.29, 0.717) is 22.5 Å². The number of aromatic nitrogens is 3. The van der Waals surface area contributed by atoms with Gasteiger partial charge in [0.2, 0.25) is 5.95 Å². The molecule has 3 rings (SSSR count). The summed E-state index contributed by atoms with van der Waals surface area (Å²) in [5.74, 6) is 1.21. The van der Waals surface area contributed by atoms with E-state index in [2.05, 4.69) is 15.0 Å². The van der Waals surface area contributed by atoms with Crippen LogP contribution in [0.15, 0.2) is 35.3 Å². The first-order chi connectivity index (χ1) is 9.13. The van der Waals surface area contributed by atoms with Gasteiger partial charge >= 0.3 is 0 Å². The van der Waals surface area contributed by atoms with E-state index in [-0.39, 0.29) is 11.5 Å². The van der Waals surface area contributed by atoms with Gasteiger partial charge < -0.3 is 15.5 Å². The molecule has 2 aromatic heterocycles. The quantitative estimate of drug-likeness (QED) is 0.652. The molecule has 6 nitrogen and oxygen atoms in total. The van der Waals surface area contributed by atoms with Gasteiger partial charge in [0.15, 0.2) is 5.75 Å². The fraction of sp³-hybridized carbons (Fsp3) is 0.0769. The smallest absolute Gasteiger partial charge is 0.276 e. The minimum absolute atomic E-state index is 0.0613. The summed E-state index contributed by atoms with van der Waals surface area (Å²) in [7, 11) is 0. The monoisotopic (exact) mass is 256 g/mol. The Balaban J connectivity index is 2.09. The highest BCUT2D eigenvalue weighted by Crippen LogP contribution is 2.27. The highest BCUT2D eigenvalue weighted by molar-refractivity contribution is 5.82. The highest BCUT2D eigenvalue weighted by Gasteiger charge is 2.11. The van der Waals surface area contributed by atoms with Crippen molar-refractivity contribution >= 4 is 17.0 Å². The van der Waals surface area contributed by atoms with E-state index in [0.717, 1.165) is 5.56 Å². The number of nitrogen functional groups attached to an aromatic ring is 1. The Morgan fingerprint density at radius 1 is 1.37 bits per heavy atom. The van der Waals surface area contributed by atoms with Crippen LogP contribution in [0.3, 0.4) is 0 Å². The lowest BCUT2D eigenvalue weighted by Gasteiger charge is -2.04. The van der Waals surface area contributed by atoms with E-state index in [1.165, 1.54) is 0 Å². The molecule has 0 atom stereocenters. The largest absolute Gasteiger partial charge is 0.453 e. The van der Waals surface area contributed by atoms with Crippen molar-refractivity contribution in [2.75, 3.05) is 5.73 Å². The number of nitrogens with one attached hydrogen (secondary N) is 2. The molecule has 0 saturated heterocycles. The second-order valence-corrected chi connectivity index (χ2v) is 4.25. The van der Waals surface area contributed by atoms with Crippen molar-refractivity contribution in [3.8, 4) is 11.5 Å². The first kappa shape index (κ1) is 11.3. The second kappa shape index (κ2) is 4.16. The number of aryl methyl sites for hydroxylation is 1. The van der Waals surface area contributed by atoms with Gasteiger partial charge in [-0.25, -0.2) is 4.98 Å². The van der Waals surface area contributed by atoms with Gasteiger partial charge in [-0.2, -0.15) is 0 Å². The molecule has 0 saturated carbocycles. The molecular formula is C13H12N4O2. The Bertz CT molecular complexity index is 804. The van der Waals surface area contributed by atoms with Gasteiger partial charge in [-0.15, -0.1) is 0 Å². The molecule has 2 heterocycles. The molecule has 0 aliphatic carbocycles. The molecule has 0 spiro atoms. The molecule has 3 aromatic rings. The van der Waals surface area contributed by atoms with Crippen LogP contribution in [0, 0.1) is 6.92 Å². The zero-order valence-electron chi connectivity index (χ0n) is 10.2. The van der Waals surface area contributed by atoms with Gasteiger partial charge in [-0.1, -0.05) is 12.1 Å². The predicted octanol–water partition coefficient (Wildman–Crippen LogP) is 1.93. The number of benzene rings is 1. The SMILES string of the molecule is Cc1cccc(Oc2c[nH]c3c(=O)[nH]c(N)nc23)c1. The van der Waals surface area contributed by atoms with E-state index in [1.807, 2.05) is 31.2 Å². The summed E-state index contributed by atoms with van der Waals surface area (Å²) in [6.07, 6.45) is 1.59. The number of hydrogen-bond acceptors (Lipinski definition) is 4. The number of ether oxygens (including phenoxy) is 1. The molecule has 0 radical (unpaired) electrons. The molecule has 0 bridgehead atoms. The van der Waals surface area contributed by atoms with Crippen LogP contribution >= 0.6 is 0 Å². The maximum absolute atomic E-state index is 11.7. The average molecular weight is 256 g/mol. The molecule has 0 aliphatic heterocycles. The number of nitrogens with two attached hydrogens (primary N) is 1. The van der Waals surface area contributed by atoms with E-state index >= 15 is 0 Å². The number of rotatable bonds is 2. The maximum Gasteiger partial charge on any atom is 0.276 e. The fourth-order valence-corrected chi connectivity index (χ4v) is 1.89. The normalized spacial score (nSPS) is 10.8. The maximum atomic E-state index is 11.7. The third kappa shape index (κ3) is 2.03. The molecule has 0 fully saturated rings.